The van der Waals surface area contributed by atoms with E-state index < -0.39 is 11.9 Å². The van der Waals surface area contributed by atoms with Gasteiger partial charge in [-0.05, 0) is 31.0 Å². The van der Waals surface area contributed by atoms with Gasteiger partial charge in [0.25, 0.3) is 0 Å². The van der Waals surface area contributed by atoms with Crippen LogP contribution in [0.4, 0.5) is 0 Å². The molecule has 5 heteroatoms. The normalized spacial score (nSPS) is 11.1. The highest BCUT2D eigenvalue weighted by atomic mass is 16.5. The number of nitriles is 1. The fourth-order valence-corrected chi connectivity index (χ4v) is 1.77. The third-order valence-corrected chi connectivity index (χ3v) is 2.75. The van der Waals surface area contributed by atoms with E-state index in [1.807, 2.05) is 6.07 Å². The first-order chi connectivity index (χ1) is 10.2. The molecule has 1 aromatic rings. The van der Waals surface area contributed by atoms with E-state index in [0.29, 0.717) is 18.1 Å². The van der Waals surface area contributed by atoms with Crippen molar-refractivity contribution >= 4 is 5.97 Å². The average Bonchev–Trinajstić information content (AvgIpc) is 2.50. The van der Waals surface area contributed by atoms with Crippen LogP contribution in [0.3, 0.4) is 0 Å². The van der Waals surface area contributed by atoms with Gasteiger partial charge in [-0.2, -0.15) is 5.26 Å². The molecule has 0 heterocycles. The van der Waals surface area contributed by atoms with Crippen molar-refractivity contribution in [2.75, 3.05) is 20.3 Å². The maximum absolute atomic E-state index is 11.6. The molecule has 21 heavy (non-hydrogen) atoms. The molecule has 0 fully saturated rings. The summed E-state index contributed by atoms with van der Waals surface area (Å²) in [7, 11) is 1.55. The van der Waals surface area contributed by atoms with Gasteiger partial charge in [0.2, 0.25) is 0 Å². The maximum atomic E-state index is 11.6. The van der Waals surface area contributed by atoms with Gasteiger partial charge < -0.3 is 14.2 Å². The number of carbonyl (C=O) groups is 1. The van der Waals surface area contributed by atoms with Gasteiger partial charge in [-0.3, -0.25) is 4.79 Å². The lowest BCUT2D eigenvalue weighted by molar-refractivity contribution is -0.145. The quantitative estimate of drug-likeness (QED) is 0.543. The Hall–Kier alpha value is -2.48. The van der Waals surface area contributed by atoms with Crippen LogP contribution in [0.1, 0.15) is 12.5 Å². The van der Waals surface area contributed by atoms with Crippen molar-refractivity contribution in [2.24, 2.45) is 5.92 Å². The number of benzene rings is 1. The van der Waals surface area contributed by atoms with Crippen molar-refractivity contribution < 1.29 is 19.0 Å². The maximum Gasteiger partial charge on any atom is 0.323 e. The topological polar surface area (TPSA) is 68.5 Å². The summed E-state index contributed by atoms with van der Waals surface area (Å²) in [5, 5.41) is 9.08. The summed E-state index contributed by atoms with van der Waals surface area (Å²) in [6, 6.07) is 7.26. The van der Waals surface area contributed by atoms with E-state index in [0.717, 1.165) is 5.56 Å². The molecule has 0 bridgehead atoms. The molecule has 0 aliphatic heterocycles. The minimum absolute atomic E-state index is 0.257. The van der Waals surface area contributed by atoms with Crippen LogP contribution < -0.4 is 9.47 Å². The summed E-state index contributed by atoms with van der Waals surface area (Å²) in [4.78, 5) is 11.6. The number of esters is 1. The molecule has 1 aromatic carbocycles. The van der Waals surface area contributed by atoms with Crippen molar-refractivity contribution in [3.05, 3.63) is 36.4 Å². The van der Waals surface area contributed by atoms with Gasteiger partial charge in [0.15, 0.2) is 11.5 Å². The largest absolute Gasteiger partial charge is 0.493 e. The molecule has 0 aromatic heterocycles. The number of nitrogens with zero attached hydrogens (tertiary/aromatic N) is 1. The molecule has 112 valence electrons. The van der Waals surface area contributed by atoms with Crippen molar-refractivity contribution in [3.63, 3.8) is 0 Å². The van der Waals surface area contributed by atoms with Gasteiger partial charge in [0.05, 0.1) is 19.8 Å². The second kappa shape index (κ2) is 8.64. The zero-order valence-electron chi connectivity index (χ0n) is 12.3. The second-order valence-corrected chi connectivity index (χ2v) is 4.22. The van der Waals surface area contributed by atoms with E-state index in [9.17, 15) is 4.79 Å². The monoisotopic (exact) mass is 289 g/mol. The summed E-state index contributed by atoms with van der Waals surface area (Å²) in [5.74, 6) is -0.198. The first-order valence-corrected chi connectivity index (χ1v) is 6.63. The molecule has 1 rings (SSSR count). The predicted octanol–water partition coefficient (Wildman–Crippen LogP) is 2.51. The van der Waals surface area contributed by atoms with E-state index in [-0.39, 0.29) is 13.0 Å². The van der Waals surface area contributed by atoms with E-state index in [2.05, 4.69) is 6.58 Å². The van der Waals surface area contributed by atoms with Crippen molar-refractivity contribution in [2.45, 2.75) is 13.3 Å². The van der Waals surface area contributed by atoms with Crippen LogP contribution in [0.5, 0.6) is 11.5 Å². The Morgan fingerprint density at radius 2 is 2.24 bits per heavy atom. The number of ether oxygens (including phenoxy) is 3. The molecule has 1 unspecified atom stereocenters. The molecule has 0 radical (unpaired) electrons. The van der Waals surface area contributed by atoms with Crippen LogP contribution in [-0.2, 0) is 16.0 Å². The molecule has 0 spiro atoms. The molecule has 0 aliphatic carbocycles. The van der Waals surface area contributed by atoms with Gasteiger partial charge in [-0.25, -0.2) is 0 Å². The predicted molar refractivity (Wildman–Crippen MR) is 78.1 cm³/mol. The molecule has 0 N–H and O–H groups in total. The Morgan fingerprint density at radius 3 is 2.81 bits per heavy atom. The lowest BCUT2D eigenvalue weighted by atomic mass is 10.0. The van der Waals surface area contributed by atoms with Gasteiger partial charge in [-0.1, -0.05) is 18.7 Å². The fraction of sp³-hybridized carbons (Fsp3) is 0.375. The van der Waals surface area contributed by atoms with Crippen LogP contribution in [0.15, 0.2) is 30.9 Å². The molecular formula is C16H19NO4. The highest BCUT2D eigenvalue weighted by Crippen LogP contribution is 2.29. The van der Waals surface area contributed by atoms with E-state index in [1.54, 1.807) is 38.3 Å². The molecule has 0 amide bonds. The third-order valence-electron chi connectivity index (χ3n) is 2.75. The average molecular weight is 289 g/mol. The molecule has 5 nitrogen and oxygen atoms in total. The van der Waals surface area contributed by atoms with Crippen LogP contribution in [0, 0.1) is 17.2 Å². The number of carbonyl (C=O) groups excluding carboxylic acids is 1. The Bertz CT molecular complexity index is 534. The first kappa shape index (κ1) is 16.6. The summed E-state index contributed by atoms with van der Waals surface area (Å²) in [6.45, 7) is 5.90. The molecule has 0 saturated heterocycles. The summed E-state index contributed by atoms with van der Waals surface area (Å²) in [5.41, 5.74) is 0.800. The highest BCUT2D eigenvalue weighted by Gasteiger charge is 2.20. The lowest BCUT2D eigenvalue weighted by Gasteiger charge is -2.12. The number of hydrogen-bond donors (Lipinski definition) is 0. The van der Waals surface area contributed by atoms with Gasteiger partial charge in [-0.15, -0.1) is 0 Å². The number of methoxy groups -OCH3 is 1. The SMILES string of the molecule is C=CCOc1cc(CC(C#N)C(=O)OCC)ccc1OC. The van der Waals surface area contributed by atoms with Gasteiger partial charge >= 0.3 is 5.97 Å². The third kappa shape index (κ3) is 4.84. The van der Waals surface area contributed by atoms with Crippen LogP contribution >= 0.6 is 0 Å². The van der Waals surface area contributed by atoms with Crippen molar-refractivity contribution in [1.29, 1.82) is 5.26 Å². The van der Waals surface area contributed by atoms with Crippen molar-refractivity contribution in [1.82, 2.24) is 0 Å². The highest BCUT2D eigenvalue weighted by molar-refractivity contribution is 5.75. The molecule has 0 aliphatic rings. The smallest absolute Gasteiger partial charge is 0.323 e. The summed E-state index contributed by atoms with van der Waals surface area (Å²) >= 11 is 0. The lowest BCUT2D eigenvalue weighted by Crippen LogP contribution is -2.18. The number of hydrogen-bond acceptors (Lipinski definition) is 5. The Kier molecular flexibility index (Phi) is 6.82. The van der Waals surface area contributed by atoms with Crippen LogP contribution in [-0.4, -0.2) is 26.3 Å². The minimum atomic E-state index is -0.828. The minimum Gasteiger partial charge on any atom is -0.493 e. The zero-order chi connectivity index (χ0) is 15.7. The fourth-order valence-electron chi connectivity index (χ4n) is 1.77. The zero-order valence-corrected chi connectivity index (χ0v) is 12.3. The van der Waals surface area contributed by atoms with Gasteiger partial charge in [0, 0.05) is 0 Å². The van der Waals surface area contributed by atoms with E-state index in [1.165, 1.54) is 0 Å². The second-order valence-electron chi connectivity index (χ2n) is 4.22. The Labute approximate surface area is 124 Å². The van der Waals surface area contributed by atoms with Gasteiger partial charge in [0.1, 0.15) is 12.5 Å². The molecule has 1 atom stereocenters. The summed E-state index contributed by atoms with van der Waals surface area (Å²) in [6.07, 6.45) is 1.90. The van der Waals surface area contributed by atoms with Crippen LogP contribution in [0.25, 0.3) is 0 Å². The van der Waals surface area contributed by atoms with E-state index in [4.69, 9.17) is 19.5 Å². The molecule has 0 saturated carbocycles. The van der Waals surface area contributed by atoms with E-state index >= 15 is 0 Å². The van der Waals surface area contributed by atoms with Crippen LogP contribution in [0.2, 0.25) is 0 Å². The molecular weight excluding hydrogens is 270 g/mol. The standard InChI is InChI=1S/C16H19NO4/c1-4-8-21-15-10-12(6-7-14(15)19-3)9-13(11-17)16(18)20-5-2/h4,6-7,10,13H,1,5,8-9H2,2-3H3. The Balaban J connectivity index is 2.90. The summed E-state index contributed by atoms with van der Waals surface area (Å²) < 4.78 is 15.6. The van der Waals surface area contributed by atoms with Crippen molar-refractivity contribution in [3.8, 4) is 17.6 Å². The Morgan fingerprint density at radius 1 is 1.48 bits per heavy atom. The first-order valence-electron chi connectivity index (χ1n) is 6.63. The number of rotatable bonds is 8.